The van der Waals surface area contributed by atoms with Gasteiger partial charge in [-0.1, -0.05) is 44.5 Å². The van der Waals surface area contributed by atoms with Crippen molar-refractivity contribution in [1.82, 2.24) is 5.32 Å². The van der Waals surface area contributed by atoms with Crippen molar-refractivity contribution in [3.8, 4) is 11.5 Å². The van der Waals surface area contributed by atoms with Crippen molar-refractivity contribution >= 4 is 17.5 Å². The molecule has 0 bridgehead atoms. The summed E-state index contributed by atoms with van der Waals surface area (Å²) in [5.41, 5.74) is 1.37. The molecule has 5 heteroatoms. The predicted molar refractivity (Wildman–Crippen MR) is 105 cm³/mol. The Balaban J connectivity index is 1.71. The molecular weight excluding hydrogens is 350 g/mol. The molecule has 0 saturated heterocycles. The Morgan fingerprint density at radius 2 is 1.62 bits per heavy atom. The number of carbonyl (C=O) groups excluding carboxylic acids is 1. The van der Waals surface area contributed by atoms with Gasteiger partial charge in [-0.2, -0.15) is 0 Å². The fourth-order valence-electron chi connectivity index (χ4n) is 2.31. The minimum Gasteiger partial charge on any atom is -0.492 e. The van der Waals surface area contributed by atoms with Crippen molar-refractivity contribution in [3.63, 3.8) is 0 Å². The van der Waals surface area contributed by atoms with E-state index in [9.17, 15) is 4.79 Å². The SMILES string of the molecule is C[C@H](Oc1ccc(Cl)cc1)C(=O)NCCOc1ccc(C(C)(C)C)cc1. The first-order chi connectivity index (χ1) is 12.3. The zero-order chi connectivity index (χ0) is 19.2. The van der Waals surface area contributed by atoms with E-state index in [-0.39, 0.29) is 11.3 Å². The van der Waals surface area contributed by atoms with E-state index in [1.807, 2.05) is 12.1 Å². The van der Waals surface area contributed by atoms with Gasteiger partial charge in [0.25, 0.3) is 5.91 Å². The van der Waals surface area contributed by atoms with Crippen LogP contribution in [0.4, 0.5) is 0 Å². The van der Waals surface area contributed by atoms with Gasteiger partial charge in [-0.3, -0.25) is 4.79 Å². The zero-order valence-corrected chi connectivity index (χ0v) is 16.5. The number of hydrogen-bond donors (Lipinski definition) is 1. The van der Waals surface area contributed by atoms with E-state index >= 15 is 0 Å². The molecule has 0 fully saturated rings. The van der Waals surface area contributed by atoms with Gasteiger partial charge in [-0.25, -0.2) is 0 Å². The minimum atomic E-state index is -0.595. The van der Waals surface area contributed by atoms with E-state index in [1.165, 1.54) is 5.56 Å². The van der Waals surface area contributed by atoms with E-state index in [2.05, 4.69) is 38.2 Å². The number of benzene rings is 2. The van der Waals surface area contributed by atoms with E-state index < -0.39 is 6.10 Å². The molecule has 0 heterocycles. The Kier molecular flexibility index (Phi) is 6.92. The van der Waals surface area contributed by atoms with Crippen LogP contribution in [0.1, 0.15) is 33.3 Å². The van der Waals surface area contributed by atoms with Crippen LogP contribution >= 0.6 is 11.6 Å². The highest BCUT2D eigenvalue weighted by Crippen LogP contribution is 2.24. The van der Waals surface area contributed by atoms with Crippen molar-refractivity contribution in [2.24, 2.45) is 0 Å². The quantitative estimate of drug-likeness (QED) is 0.719. The molecule has 0 spiro atoms. The van der Waals surface area contributed by atoms with Crippen LogP contribution in [0.5, 0.6) is 11.5 Å². The highest BCUT2D eigenvalue weighted by molar-refractivity contribution is 6.30. The molecule has 140 valence electrons. The number of carbonyl (C=O) groups is 1. The van der Waals surface area contributed by atoms with Gasteiger partial charge >= 0.3 is 0 Å². The third-order valence-electron chi connectivity index (χ3n) is 3.89. The van der Waals surface area contributed by atoms with Crippen LogP contribution in [0.25, 0.3) is 0 Å². The summed E-state index contributed by atoms with van der Waals surface area (Å²) in [4.78, 5) is 12.1. The van der Waals surface area contributed by atoms with Crippen molar-refractivity contribution in [1.29, 1.82) is 0 Å². The third kappa shape index (κ3) is 6.26. The zero-order valence-electron chi connectivity index (χ0n) is 15.7. The highest BCUT2D eigenvalue weighted by atomic mass is 35.5. The molecule has 0 saturated carbocycles. The lowest BCUT2D eigenvalue weighted by Crippen LogP contribution is -2.38. The number of hydrogen-bond acceptors (Lipinski definition) is 3. The first-order valence-electron chi connectivity index (χ1n) is 8.69. The van der Waals surface area contributed by atoms with Crippen LogP contribution in [-0.4, -0.2) is 25.2 Å². The number of halogens is 1. The molecule has 0 unspecified atom stereocenters. The maximum absolute atomic E-state index is 12.1. The summed E-state index contributed by atoms with van der Waals surface area (Å²) < 4.78 is 11.2. The number of ether oxygens (including phenoxy) is 2. The molecule has 0 aliphatic rings. The summed E-state index contributed by atoms with van der Waals surface area (Å²) in [7, 11) is 0. The molecule has 4 nitrogen and oxygen atoms in total. The average Bonchev–Trinajstić information content (AvgIpc) is 2.60. The normalized spacial score (nSPS) is 12.3. The first-order valence-corrected chi connectivity index (χ1v) is 9.07. The van der Waals surface area contributed by atoms with Crippen molar-refractivity contribution < 1.29 is 14.3 Å². The molecule has 2 aromatic carbocycles. The smallest absolute Gasteiger partial charge is 0.260 e. The lowest BCUT2D eigenvalue weighted by molar-refractivity contribution is -0.127. The molecule has 2 rings (SSSR count). The summed E-state index contributed by atoms with van der Waals surface area (Å²) in [5, 5.41) is 3.43. The van der Waals surface area contributed by atoms with Crippen LogP contribution in [-0.2, 0) is 10.2 Å². The highest BCUT2D eigenvalue weighted by Gasteiger charge is 2.14. The molecular formula is C21H26ClNO3. The molecule has 1 N–H and O–H groups in total. The summed E-state index contributed by atoms with van der Waals surface area (Å²) in [6.45, 7) is 9.03. The Hall–Kier alpha value is -2.20. The topological polar surface area (TPSA) is 47.6 Å². The van der Waals surface area contributed by atoms with Crippen LogP contribution in [0.3, 0.4) is 0 Å². The van der Waals surface area contributed by atoms with Gasteiger partial charge in [0, 0.05) is 5.02 Å². The summed E-state index contributed by atoms with van der Waals surface area (Å²) in [5.74, 6) is 1.21. The van der Waals surface area contributed by atoms with Gasteiger partial charge in [0.15, 0.2) is 6.10 Å². The second kappa shape index (κ2) is 8.95. The lowest BCUT2D eigenvalue weighted by Gasteiger charge is -2.19. The number of nitrogens with one attached hydrogen (secondary N) is 1. The Bertz CT molecular complexity index is 706. The van der Waals surface area contributed by atoms with E-state index in [4.69, 9.17) is 21.1 Å². The number of amides is 1. The van der Waals surface area contributed by atoms with Gasteiger partial charge < -0.3 is 14.8 Å². The number of rotatable bonds is 7. The van der Waals surface area contributed by atoms with Crippen molar-refractivity contribution in [2.75, 3.05) is 13.2 Å². The fourth-order valence-corrected chi connectivity index (χ4v) is 2.43. The molecule has 0 aliphatic carbocycles. The van der Waals surface area contributed by atoms with Crippen LogP contribution in [0.15, 0.2) is 48.5 Å². The van der Waals surface area contributed by atoms with Gasteiger partial charge in [0.2, 0.25) is 0 Å². The van der Waals surface area contributed by atoms with Crippen LogP contribution in [0.2, 0.25) is 5.02 Å². The van der Waals surface area contributed by atoms with Gasteiger partial charge in [0.1, 0.15) is 18.1 Å². The maximum atomic E-state index is 12.1. The molecule has 2 aromatic rings. The summed E-state index contributed by atoms with van der Waals surface area (Å²) in [6, 6.07) is 14.9. The van der Waals surface area contributed by atoms with Crippen LogP contribution in [0, 0.1) is 0 Å². The van der Waals surface area contributed by atoms with E-state index in [0.29, 0.717) is 23.9 Å². The monoisotopic (exact) mass is 375 g/mol. The predicted octanol–water partition coefficient (Wildman–Crippen LogP) is 4.60. The van der Waals surface area contributed by atoms with Crippen LogP contribution < -0.4 is 14.8 Å². The molecule has 1 atom stereocenters. The molecule has 1 amide bonds. The standard InChI is InChI=1S/C21H26ClNO3/c1-15(26-19-11-7-17(22)8-12-19)20(24)23-13-14-25-18-9-5-16(6-10-18)21(2,3)4/h5-12,15H,13-14H2,1-4H3,(H,23,24)/t15-/m0/s1. The summed E-state index contributed by atoms with van der Waals surface area (Å²) in [6.07, 6.45) is -0.595. The van der Waals surface area contributed by atoms with Gasteiger partial charge in [0.05, 0.1) is 6.54 Å². The Morgan fingerprint density at radius 1 is 1.04 bits per heavy atom. The molecule has 0 aromatic heterocycles. The van der Waals surface area contributed by atoms with E-state index in [0.717, 1.165) is 5.75 Å². The maximum Gasteiger partial charge on any atom is 0.260 e. The molecule has 0 radical (unpaired) electrons. The first kappa shape index (κ1) is 20.1. The van der Waals surface area contributed by atoms with Gasteiger partial charge in [-0.05, 0) is 54.3 Å². The largest absolute Gasteiger partial charge is 0.492 e. The second-order valence-corrected chi connectivity index (χ2v) is 7.56. The fraction of sp³-hybridized carbons (Fsp3) is 0.381. The van der Waals surface area contributed by atoms with Crippen molar-refractivity contribution in [3.05, 3.63) is 59.1 Å². The molecule has 26 heavy (non-hydrogen) atoms. The Morgan fingerprint density at radius 3 is 2.19 bits per heavy atom. The Labute approximate surface area is 160 Å². The molecule has 0 aliphatic heterocycles. The lowest BCUT2D eigenvalue weighted by atomic mass is 9.87. The second-order valence-electron chi connectivity index (χ2n) is 7.13. The average molecular weight is 376 g/mol. The van der Waals surface area contributed by atoms with Crippen molar-refractivity contribution in [2.45, 2.75) is 39.2 Å². The third-order valence-corrected chi connectivity index (χ3v) is 4.14. The summed E-state index contributed by atoms with van der Waals surface area (Å²) >= 11 is 5.83. The minimum absolute atomic E-state index is 0.118. The van der Waals surface area contributed by atoms with E-state index in [1.54, 1.807) is 31.2 Å². The van der Waals surface area contributed by atoms with Gasteiger partial charge in [-0.15, -0.1) is 0 Å².